The fraction of sp³-hybridized carbons (Fsp3) is 0.200. The molecule has 3 aromatic rings. The number of carbonyl (C=O) groups is 1. The van der Waals surface area contributed by atoms with Gasteiger partial charge in [0.15, 0.2) is 0 Å². The number of nitro groups is 1. The van der Waals surface area contributed by atoms with Crippen molar-refractivity contribution < 1.29 is 18.8 Å². The zero-order valence-electron chi connectivity index (χ0n) is 16.2. The molecule has 0 aliphatic heterocycles. The first-order chi connectivity index (χ1) is 14.5. The predicted octanol–water partition coefficient (Wildman–Crippen LogP) is 3.29. The van der Waals surface area contributed by atoms with Gasteiger partial charge in [-0.3, -0.25) is 14.9 Å². The summed E-state index contributed by atoms with van der Waals surface area (Å²) in [4.78, 5) is 23.5. The third-order valence-electron chi connectivity index (χ3n) is 4.31. The van der Waals surface area contributed by atoms with Crippen LogP contribution in [0.5, 0.6) is 0 Å². The Labute approximate surface area is 171 Å². The number of aromatic nitrogens is 2. The molecule has 0 unspecified atom stereocenters. The number of nitrogens with zero attached hydrogens (tertiary/aromatic N) is 3. The molecule has 0 radical (unpaired) electrons. The third kappa shape index (κ3) is 4.97. The smallest absolute Gasteiger partial charge is 0.293 e. The van der Waals surface area contributed by atoms with E-state index in [-0.39, 0.29) is 29.3 Å². The number of halogens is 1. The van der Waals surface area contributed by atoms with Gasteiger partial charge >= 0.3 is 0 Å². The Kier molecular flexibility index (Phi) is 6.71. The zero-order chi connectivity index (χ0) is 21.5. The highest BCUT2D eigenvalue weighted by Gasteiger charge is 2.18. The average Bonchev–Trinajstić information content (AvgIpc) is 3.16. The van der Waals surface area contributed by atoms with Gasteiger partial charge in [-0.25, -0.2) is 9.07 Å². The summed E-state index contributed by atoms with van der Waals surface area (Å²) in [6.07, 6.45) is 1.47. The van der Waals surface area contributed by atoms with Crippen LogP contribution in [0.3, 0.4) is 0 Å². The molecule has 0 saturated heterocycles. The normalized spacial score (nSPS) is 10.6. The van der Waals surface area contributed by atoms with Crippen LogP contribution in [-0.4, -0.2) is 40.9 Å². The van der Waals surface area contributed by atoms with E-state index in [9.17, 15) is 19.3 Å². The molecule has 0 saturated carbocycles. The second-order valence-electron chi connectivity index (χ2n) is 6.33. The quantitative estimate of drug-likeness (QED) is 0.316. The highest BCUT2D eigenvalue weighted by molar-refractivity contribution is 6.04. The fourth-order valence-electron chi connectivity index (χ4n) is 2.80. The van der Waals surface area contributed by atoms with Gasteiger partial charge in [0.2, 0.25) is 0 Å². The van der Waals surface area contributed by atoms with Crippen LogP contribution in [-0.2, 0) is 11.3 Å². The van der Waals surface area contributed by atoms with Crippen molar-refractivity contribution in [3.63, 3.8) is 0 Å². The lowest BCUT2D eigenvalue weighted by molar-refractivity contribution is -0.384. The van der Waals surface area contributed by atoms with Crippen LogP contribution in [0.4, 0.5) is 21.6 Å². The summed E-state index contributed by atoms with van der Waals surface area (Å²) in [7, 11) is 1.53. The molecule has 9 nitrogen and oxygen atoms in total. The molecule has 0 aliphatic carbocycles. The van der Waals surface area contributed by atoms with Crippen molar-refractivity contribution in [2.24, 2.45) is 0 Å². The summed E-state index contributed by atoms with van der Waals surface area (Å²) in [5.74, 6) is -0.581. The monoisotopic (exact) mass is 413 g/mol. The minimum atomic E-state index is -0.561. The van der Waals surface area contributed by atoms with E-state index in [4.69, 9.17) is 4.74 Å². The van der Waals surface area contributed by atoms with Crippen molar-refractivity contribution in [1.82, 2.24) is 9.78 Å². The fourth-order valence-corrected chi connectivity index (χ4v) is 2.80. The maximum atomic E-state index is 13.9. The maximum absolute atomic E-state index is 13.9. The molecule has 2 N–H and O–H groups in total. The molecule has 0 aliphatic rings. The highest BCUT2D eigenvalue weighted by atomic mass is 19.1. The van der Waals surface area contributed by atoms with Crippen molar-refractivity contribution in [3.05, 3.63) is 81.8 Å². The molecule has 156 valence electrons. The summed E-state index contributed by atoms with van der Waals surface area (Å²) in [5.41, 5.74) is 0.591. The summed E-state index contributed by atoms with van der Waals surface area (Å²) in [6, 6.07) is 12.0. The summed E-state index contributed by atoms with van der Waals surface area (Å²) < 4.78 is 20.3. The van der Waals surface area contributed by atoms with Crippen molar-refractivity contribution in [1.29, 1.82) is 0 Å². The van der Waals surface area contributed by atoms with Gasteiger partial charge in [-0.2, -0.15) is 5.10 Å². The lowest BCUT2D eigenvalue weighted by Gasteiger charge is -2.11. The van der Waals surface area contributed by atoms with Crippen LogP contribution in [0.15, 0.2) is 54.7 Å². The lowest BCUT2D eigenvalue weighted by Crippen LogP contribution is -2.17. The Morgan fingerprint density at radius 3 is 2.80 bits per heavy atom. The Balaban J connectivity index is 1.77. The lowest BCUT2D eigenvalue weighted by atomic mass is 10.1. The number of hydrogen-bond donors (Lipinski definition) is 2. The summed E-state index contributed by atoms with van der Waals surface area (Å²) >= 11 is 0. The second kappa shape index (κ2) is 9.61. The van der Waals surface area contributed by atoms with E-state index in [0.29, 0.717) is 24.5 Å². The summed E-state index contributed by atoms with van der Waals surface area (Å²) in [5, 5.41) is 21.1. The minimum absolute atomic E-state index is 0.109. The zero-order valence-corrected chi connectivity index (χ0v) is 16.2. The van der Waals surface area contributed by atoms with Crippen LogP contribution in [0.1, 0.15) is 15.9 Å². The number of ether oxygens (including phenoxy) is 1. The van der Waals surface area contributed by atoms with Gasteiger partial charge in [0.05, 0.1) is 24.3 Å². The van der Waals surface area contributed by atoms with E-state index >= 15 is 0 Å². The number of hydrogen-bond acceptors (Lipinski definition) is 6. The number of nitro benzene ring substituents is 1. The molecule has 30 heavy (non-hydrogen) atoms. The maximum Gasteiger partial charge on any atom is 0.293 e. The molecule has 1 heterocycles. The standard InChI is InChI=1S/C20H20FN5O4/c1-30-11-10-22-17-7-6-14(12-18(17)26(28)29)20(27)24-19-8-9-23-25(19)13-15-4-2-3-5-16(15)21/h2-9,12,22H,10-11,13H2,1H3,(H,24,27). The van der Waals surface area contributed by atoms with E-state index in [0.717, 1.165) is 0 Å². The predicted molar refractivity (Wildman–Crippen MR) is 109 cm³/mol. The molecular weight excluding hydrogens is 393 g/mol. The largest absolute Gasteiger partial charge is 0.383 e. The summed E-state index contributed by atoms with van der Waals surface area (Å²) in [6.45, 7) is 0.890. The number of anilines is 2. The molecule has 3 rings (SSSR count). The SMILES string of the molecule is COCCNc1ccc(C(=O)Nc2ccnn2Cc2ccccc2F)cc1[N+](=O)[O-]. The highest BCUT2D eigenvalue weighted by Crippen LogP contribution is 2.26. The van der Waals surface area contributed by atoms with Crippen molar-refractivity contribution in [3.8, 4) is 0 Å². The van der Waals surface area contributed by atoms with Crippen LogP contribution < -0.4 is 10.6 Å². The molecule has 0 fully saturated rings. The van der Waals surface area contributed by atoms with Gasteiger partial charge in [0, 0.05) is 36.9 Å². The molecule has 1 amide bonds. The van der Waals surface area contributed by atoms with Crippen molar-refractivity contribution in [2.45, 2.75) is 6.54 Å². The average molecular weight is 413 g/mol. The first kappa shape index (κ1) is 20.9. The Hall–Kier alpha value is -3.79. The van der Waals surface area contributed by atoms with Gasteiger partial charge in [-0.15, -0.1) is 0 Å². The van der Waals surface area contributed by atoms with Gasteiger partial charge in [0.1, 0.15) is 17.3 Å². The first-order valence-electron chi connectivity index (χ1n) is 9.07. The molecule has 2 aromatic carbocycles. The van der Waals surface area contributed by atoms with Crippen molar-refractivity contribution >= 4 is 23.1 Å². The van der Waals surface area contributed by atoms with E-state index in [1.165, 1.54) is 42.3 Å². The van der Waals surface area contributed by atoms with Crippen LogP contribution in [0.25, 0.3) is 0 Å². The van der Waals surface area contributed by atoms with Crippen LogP contribution >= 0.6 is 0 Å². The van der Waals surface area contributed by atoms with E-state index in [1.54, 1.807) is 24.3 Å². The van der Waals surface area contributed by atoms with Gasteiger partial charge in [-0.05, 0) is 18.2 Å². The number of methoxy groups -OCH3 is 1. The molecule has 1 aromatic heterocycles. The Bertz CT molecular complexity index is 1050. The van der Waals surface area contributed by atoms with Crippen LogP contribution in [0, 0.1) is 15.9 Å². The molecular formula is C20H20FN5O4. The molecule has 0 spiro atoms. The number of amides is 1. The van der Waals surface area contributed by atoms with E-state index in [2.05, 4.69) is 15.7 Å². The van der Waals surface area contributed by atoms with Crippen molar-refractivity contribution in [2.75, 3.05) is 30.9 Å². The number of rotatable bonds is 9. The van der Waals surface area contributed by atoms with Gasteiger partial charge < -0.3 is 15.4 Å². The molecule has 0 bridgehead atoms. The van der Waals surface area contributed by atoms with Crippen LogP contribution in [0.2, 0.25) is 0 Å². The number of nitrogens with one attached hydrogen (secondary N) is 2. The first-order valence-corrected chi connectivity index (χ1v) is 9.07. The molecule has 10 heteroatoms. The van der Waals surface area contributed by atoms with E-state index < -0.39 is 10.8 Å². The third-order valence-corrected chi connectivity index (χ3v) is 4.31. The Morgan fingerprint density at radius 1 is 1.27 bits per heavy atom. The van der Waals surface area contributed by atoms with E-state index in [1.807, 2.05) is 0 Å². The second-order valence-corrected chi connectivity index (χ2v) is 6.33. The Morgan fingerprint density at radius 2 is 2.07 bits per heavy atom. The molecule has 0 atom stereocenters. The minimum Gasteiger partial charge on any atom is -0.383 e. The van der Waals surface area contributed by atoms with Gasteiger partial charge in [0.25, 0.3) is 11.6 Å². The number of benzene rings is 2. The topological polar surface area (TPSA) is 111 Å². The van der Waals surface area contributed by atoms with Gasteiger partial charge in [-0.1, -0.05) is 18.2 Å². The number of carbonyl (C=O) groups excluding carboxylic acids is 1.